The number of carbonyl (C=O) groups is 8. The average Bonchev–Trinajstić information content (AvgIpc) is 3.96. The van der Waals surface area contributed by atoms with Crippen LogP contribution in [0.15, 0.2) is 60.4 Å². The fourth-order valence-corrected chi connectivity index (χ4v) is 10.2. The molecule has 4 heterocycles. The van der Waals surface area contributed by atoms with E-state index in [1.54, 1.807) is 70.9 Å². The first kappa shape index (κ1) is 60.6. The number of methoxy groups -OCH3 is 1. The number of amides is 7. The summed E-state index contributed by atoms with van der Waals surface area (Å²) >= 11 is 6.84. The summed E-state index contributed by atoms with van der Waals surface area (Å²) in [6, 6.07) is 0.651. The number of anilines is 1. The number of hydrogen-bond donors (Lipinski definition) is 5. The molecule has 7 unspecified atom stereocenters. The number of Topliss-reactive ketones (excluding diaryl/α,β-unsaturated/α-hetero) is 1. The second-order valence-electron chi connectivity index (χ2n) is 21.2. The standard InChI is InChI=1S/C55H78ClN7O13/c1-31(2)38(50(68)59-39(19-16-23-58-52(57)70)41(64)20-13-12-14-24-63-34(5)21-22-45(63)65)28-46(66)61(9)36(7)51(69)75-44-29-47(67)62(10)40-26-37(27-42(73-11)48(40)56)25-32(3)17-15-18-33(4)55(72)30-43(74-53(71)60-55)35(6)49-54(44,8)76-49/h15,17-18,21-22,26-27,31,33,35-36,38-39,43-44,49,72H,5,12-14,16,19-20,23-25,28-30H2,1-4,6-11H3,(H,59,68)(H,60,71)(H3,57,58,70)/b18-15+,32-17+/t33?,35?,36-,38-,39-,43?,44?,49?,54?,55?/m0/s1. The molecule has 4 aliphatic rings. The molecule has 10 atom stereocenters. The van der Waals surface area contributed by atoms with Gasteiger partial charge >= 0.3 is 18.1 Å². The molecule has 2 fully saturated rings. The van der Waals surface area contributed by atoms with Crippen LogP contribution in [-0.2, 0) is 49.4 Å². The predicted octanol–water partition coefficient (Wildman–Crippen LogP) is 5.77. The van der Waals surface area contributed by atoms with Gasteiger partial charge in [-0.05, 0) is 82.6 Å². The number of primary amides is 1. The second kappa shape index (κ2) is 26.2. The molecule has 7 amide bonds. The topological polar surface area (TPSA) is 269 Å². The third-order valence-electron chi connectivity index (χ3n) is 15.2. The lowest BCUT2D eigenvalue weighted by Gasteiger charge is -2.41. The van der Waals surface area contributed by atoms with Crippen molar-refractivity contribution in [2.24, 2.45) is 29.4 Å². The lowest BCUT2D eigenvalue weighted by atomic mass is 9.82. The number of ketones is 1. The quantitative estimate of drug-likeness (QED) is 0.0590. The van der Waals surface area contributed by atoms with Gasteiger partial charge in [0.1, 0.15) is 40.3 Å². The van der Waals surface area contributed by atoms with Crippen LogP contribution in [0.25, 0.3) is 0 Å². The summed E-state index contributed by atoms with van der Waals surface area (Å²) in [5, 5.41) is 19.9. The van der Waals surface area contributed by atoms with Crippen LogP contribution in [0.1, 0.15) is 112 Å². The maximum absolute atomic E-state index is 14.5. The number of fused-ring (bicyclic) bond motifs is 5. The number of alkyl carbamates (subject to hydrolysis) is 1. The zero-order valence-corrected chi connectivity index (χ0v) is 46.3. The van der Waals surface area contributed by atoms with Crippen molar-refractivity contribution in [3.8, 4) is 5.75 Å². The van der Waals surface area contributed by atoms with Gasteiger partial charge < -0.3 is 55.1 Å². The summed E-state index contributed by atoms with van der Waals surface area (Å²) in [6.07, 6.45) is 7.02. The number of halogens is 1. The number of carbonyl (C=O) groups excluding carboxylic acids is 8. The number of aliphatic hydroxyl groups is 1. The van der Waals surface area contributed by atoms with E-state index >= 15 is 0 Å². The number of nitrogens with zero attached hydrogens (tertiary/aromatic N) is 3. The molecule has 76 heavy (non-hydrogen) atoms. The Hall–Kier alpha value is -6.25. The van der Waals surface area contributed by atoms with Crippen LogP contribution in [0.5, 0.6) is 5.75 Å². The van der Waals surface area contributed by atoms with Gasteiger partial charge in [0.15, 0.2) is 5.78 Å². The SMILES string of the molecule is C=C1C=CC(=O)N1CCCCCC(=O)[C@H](CCCNC(N)=O)NC(=O)[C@@H](CC(=O)N(C)[C@@H](C)C(=O)OC1CC(=O)N(C)c2cc(cc(OC)c2Cl)C/C(C)=C/C=C/C(C)C2(O)CC(OC(=O)N2)C(C)C2OC12C)C(C)C. The largest absolute Gasteiger partial charge is 0.495 e. The van der Waals surface area contributed by atoms with Crippen molar-refractivity contribution in [1.29, 1.82) is 0 Å². The Morgan fingerprint density at radius 1 is 1.08 bits per heavy atom. The number of rotatable bonds is 20. The summed E-state index contributed by atoms with van der Waals surface area (Å²) in [5.41, 5.74) is 4.88. The molecule has 1 aromatic carbocycles. The Kier molecular flexibility index (Phi) is 20.9. The Morgan fingerprint density at radius 3 is 2.43 bits per heavy atom. The van der Waals surface area contributed by atoms with Gasteiger partial charge in [-0.25, -0.2) is 14.4 Å². The second-order valence-corrected chi connectivity index (χ2v) is 21.6. The van der Waals surface area contributed by atoms with Gasteiger partial charge in [0.05, 0.1) is 31.4 Å². The Labute approximate surface area is 451 Å². The van der Waals surface area contributed by atoms with Crippen LogP contribution >= 0.6 is 11.6 Å². The number of nitrogens with two attached hydrogens (primary N) is 1. The number of nitrogens with one attached hydrogen (secondary N) is 3. The monoisotopic (exact) mass is 1080 g/mol. The molecule has 0 radical (unpaired) electrons. The van der Waals surface area contributed by atoms with Crippen LogP contribution < -0.4 is 31.3 Å². The van der Waals surface area contributed by atoms with Gasteiger partial charge in [-0.15, -0.1) is 0 Å². The molecule has 4 bridgehead atoms. The molecular weight excluding hydrogens is 1000 g/mol. The van der Waals surface area contributed by atoms with Crippen LogP contribution in [0.4, 0.5) is 15.3 Å². The number of esters is 1. The minimum absolute atomic E-state index is 0.00933. The molecule has 21 heteroatoms. The van der Waals surface area contributed by atoms with E-state index in [1.807, 2.05) is 19.1 Å². The third-order valence-corrected chi connectivity index (χ3v) is 15.6. The Morgan fingerprint density at radius 2 is 1.79 bits per heavy atom. The van der Waals surface area contributed by atoms with E-state index in [9.17, 15) is 43.5 Å². The highest BCUT2D eigenvalue weighted by Gasteiger charge is 2.64. The van der Waals surface area contributed by atoms with E-state index in [0.29, 0.717) is 55.8 Å². The van der Waals surface area contributed by atoms with E-state index in [1.165, 1.54) is 32.1 Å². The fourth-order valence-electron chi connectivity index (χ4n) is 9.86. The minimum Gasteiger partial charge on any atom is -0.495 e. The van der Waals surface area contributed by atoms with E-state index in [4.69, 9.17) is 36.3 Å². The maximum atomic E-state index is 14.5. The highest BCUT2D eigenvalue weighted by Crippen LogP contribution is 2.49. The zero-order chi connectivity index (χ0) is 56.4. The average molecular weight is 1080 g/mol. The fraction of sp³-hybridized carbons (Fsp3) is 0.600. The van der Waals surface area contributed by atoms with Crippen LogP contribution in [0, 0.1) is 23.7 Å². The molecule has 20 nitrogen and oxygen atoms in total. The van der Waals surface area contributed by atoms with Crippen molar-refractivity contribution in [3.05, 3.63) is 70.9 Å². The van der Waals surface area contributed by atoms with Crippen molar-refractivity contribution in [2.75, 3.05) is 39.2 Å². The molecule has 5 rings (SSSR count). The molecule has 0 aliphatic carbocycles. The summed E-state index contributed by atoms with van der Waals surface area (Å²) in [5.74, 6) is -4.99. The number of hydrogen-bond acceptors (Lipinski definition) is 13. The van der Waals surface area contributed by atoms with Crippen LogP contribution in [-0.4, -0.2) is 138 Å². The maximum Gasteiger partial charge on any atom is 0.409 e. The Balaban J connectivity index is 1.33. The van der Waals surface area contributed by atoms with Gasteiger partial charge in [-0.2, -0.15) is 0 Å². The molecule has 418 valence electrons. The van der Waals surface area contributed by atoms with Crippen LogP contribution in [0.2, 0.25) is 5.02 Å². The molecular formula is C55H78ClN7O13. The lowest BCUT2D eigenvalue weighted by molar-refractivity contribution is -0.162. The molecule has 2 saturated heterocycles. The number of benzene rings is 1. The first-order chi connectivity index (χ1) is 35.7. The summed E-state index contributed by atoms with van der Waals surface area (Å²) in [4.78, 5) is 111. The smallest absolute Gasteiger partial charge is 0.409 e. The molecule has 1 aromatic rings. The highest BCUT2D eigenvalue weighted by molar-refractivity contribution is 6.35. The first-order valence-corrected chi connectivity index (χ1v) is 26.5. The summed E-state index contributed by atoms with van der Waals surface area (Å²) in [7, 11) is 4.41. The van der Waals surface area contributed by atoms with Gasteiger partial charge in [-0.1, -0.05) is 76.1 Å². The lowest BCUT2D eigenvalue weighted by Crippen LogP contribution is -2.60. The van der Waals surface area contributed by atoms with Gasteiger partial charge in [0.25, 0.3) is 5.91 Å². The molecule has 0 spiro atoms. The van der Waals surface area contributed by atoms with Gasteiger partial charge in [0, 0.05) is 76.0 Å². The van der Waals surface area contributed by atoms with Gasteiger partial charge in [0.2, 0.25) is 17.7 Å². The van der Waals surface area contributed by atoms with E-state index in [2.05, 4.69) is 22.5 Å². The van der Waals surface area contributed by atoms with Gasteiger partial charge in [-0.3, -0.25) is 29.3 Å². The summed E-state index contributed by atoms with van der Waals surface area (Å²) < 4.78 is 23.9. The summed E-state index contributed by atoms with van der Waals surface area (Å²) in [6.45, 7) is 16.7. The number of likely N-dealkylation sites (N-methyl/N-ethyl adjacent to an activating group) is 1. The third kappa shape index (κ3) is 15.2. The van der Waals surface area contributed by atoms with Crippen molar-refractivity contribution in [3.63, 3.8) is 0 Å². The van der Waals surface area contributed by atoms with Crippen molar-refractivity contribution < 1.29 is 62.4 Å². The number of epoxide rings is 1. The van der Waals surface area contributed by atoms with Crippen LogP contribution in [0.3, 0.4) is 0 Å². The number of urea groups is 1. The zero-order valence-electron chi connectivity index (χ0n) is 45.6. The van der Waals surface area contributed by atoms with E-state index in [0.717, 1.165) is 16.0 Å². The number of allylic oxidation sites excluding steroid dienone is 4. The Bertz CT molecular complexity index is 2460. The molecule has 0 saturated carbocycles. The highest BCUT2D eigenvalue weighted by atomic mass is 35.5. The molecule has 0 aromatic heterocycles. The van der Waals surface area contributed by atoms with E-state index in [-0.39, 0.29) is 54.9 Å². The molecule has 6 N–H and O–H groups in total. The number of unbranched alkanes of at least 4 members (excludes halogenated alkanes) is 2. The first-order valence-electron chi connectivity index (χ1n) is 26.1. The van der Waals surface area contributed by atoms with Crippen molar-refractivity contribution in [2.45, 2.75) is 154 Å². The number of ether oxygens (including phenoxy) is 4. The minimum atomic E-state index is -1.69. The predicted molar refractivity (Wildman–Crippen MR) is 284 cm³/mol. The molecule has 4 aliphatic heterocycles. The van der Waals surface area contributed by atoms with E-state index < -0.39 is 102 Å². The normalized spacial score (nSPS) is 27.0. The van der Waals surface area contributed by atoms with Crippen molar-refractivity contribution in [1.82, 2.24) is 25.8 Å². The van der Waals surface area contributed by atoms with Crippen molar-refractivity contribution >= 4 is 64.8 Å².